The van der Waals surface area contributed by atoms with E-state index in [1.807, 2.05) is 0 Å². The van der Waals surface area contributed by atoms with Crippen LogP contribution in [0.4, 0.5) is 5.82 Å². The van der Waals surface area contributed by atoms with E-state index in [-0.39, 0.29) is 5.03 Å². The van der Waals surface area contributed by atoms with E-state index in [0.29, 0.717) is 29.1 Å². The zero-order valence-corrected chi connectivity index (χ0v) is 13.2. The van der Waals surface area contributed by atoms with Gasteiger partial charge in [0.25, 0.3) is 0 Å². The first-order valence-corrected chi connectivity index (χ1v) is 8.64. The summed E-state index contributed by atoms with van der Waals surface area (Å²) in [5, 5.41) is 3.04. The van der Waals surface area contributed by atoms with Crippen molar-refractivity contribution >= 4 is 26.7 Å². The first-order valence-electron chi connectivity index (χ1n) is 6.75. The van der Waals surface area contributed by atoms with Crippen LogP contribution in [0, 0.1) is 0 Å². The molecule has 1 heterocycles. The van der Waals surface area contributed by atoms with Gasteiger partial charge in [-0.05, 0) is 18.6 Å². The summed E-state index contributed by atoms with van der Waals surface area (Å²) in [5.41, 5.74) is 1.12. The van der Waals surface area contributed by atoms with E-state index in [2.05, 4.69) is 22.2 Å². The van der Waals surface area contributed by atoms with Crippen LogP contribution < -0.4 is 10.1 Å². The highest BCUT2D eigenvalue weighted by Crippen LogP contribution is 2.24. The third-order valence-electron chi connectivity index (χ3n) is 3.01. The van der Waals surface area contributed by atoms with Gasteiger partial charge in [-0.2, -0.15) is 0 Å². The minimum Gasteiger partial charge on any atom is -0.497 e. The van der Waals surface area contributed by atoms with E-state index in [1.54, 1.807) is 25.3 Å². The summed E-state index contributed by atoms with van der Waals surface area (Å²) in [6.45, 7) is 2.72. The van der Waals surface area contributed by atoms with Crippen molar-refractivity contribution in [1.82, 2.24) is 9.97 Å². The molecule has 0 aliphatic heterocycles. The minimum atomic E-state index is -3.45. The number of anilines is 1. The highest BCUT2D eigenvalue weighted by Gasteiger charge is 2.18. The van der Waals surface area contributed by atoms with Crippen LogP contribution in [0.25, 0.3) is 11.0 Å². The third-order valence-corrected chi connectivity index (χ3v) is 4.00. The number of nitrogens with zero attached hydrogens (tertiary/aromatic N) is 2. The van der Waals surface area contributed by atoms with Gasteiger partial charge in [0.2, 0.25) is 0 Å². The van der Waals surface area contributed by atoms with Gasteiger partial charge in [-0.15, -0.1) is 0 Å². The Labute approximate surface area is 124 Å². The van der Waals surface area contributed by atoms with Crippen molar-refractivity contribution in [1.29, 1.82) is 0 Å². The summed E-state index contributed by atoms with van der Waals surface area (Å²) in [5.74, 6) is 0.954. The fourth-order valence-corrected chi connectivity index (χ4v) is 2.64. The second-order valence-electron chi connectivity index (χ2n) is 4.78. The van der Waals surface area contributed by atoms with Crippen molar-refractivity contribution in [3.05, 3.63) is 18.2 Å². The number of sulfone groups is 1. The van der Waals surface area contributed by atoms with E-state index in [0.717, 1.165) is 19.1 Å². The lowest BCUT2D eigenvalue weighted by atomic mass is 10.3. The van der Waals surface area contributed by atoms with Crippen LogP contribution in [-0.4, -0.2) is 38.3 Å². The third kappa shape index (κ3) is 3.60. The predicted molar refractivity (Wildman–Crippen MR) is 82.6 cm³/mol. The molecule has 0 atom stereocenters. The molecule has 0 fully saturated rings. The summed E-state index contributed by atoms with van der Waals surface area (Å²) < 4.78 is 28.9. The lowest BCUT2D eigenvalue weighted by Crippen LogP contribution is -2.11. The standard InChI is InChI=1S/C14H19N3O3S/c1-4-5-8-15-13-14(21(3,18)19)17-11-7-6-10(20-2)9-12(11)16-13/h6-7,9H,4-5,8H2,1-3H3,(H,15,16). The maximum atomic E-state index is 11.9. The van der Waals surface area contributed by atoms with Gasteiger partial charge in [0.1, 0.15) is 5.75 Å². The molecule has 2 rings (SSSR count). The largest absolute Gasteiger partial charge is 0.497 e. The van der Waals surface area contributed by atoms with Crippen molar-refractivity contribution in [3.8, 4) is 5.75 Å². The molecule has 0 amide bonds. The molecule has 114 valence electrons. The van der Waals surface area contributed by atoms with Crippen LogP contribution in [0.5, 0.6) is 5.75 Å². The molecule has 0 radical (unpaired) electrons. The monoisotopic (exact) mass is 309 g/mol. The van der Waals surface area contributed by atoms with Gasteiger partial charge in [-0.25, -0.2) is 18.4 Å². The van der Waals surface area contributed by atoms with Gasteiger partial charge in [-0.3, -0.25) is 0 Å². The normalized spacial score (nSPS) is 11.6. The molecular formula is C14H19N3O3S. The number of unbranched alkanes of at least 4 members (excludes halogenated alkanes) is 1. The first kappa shape index (κ1) is 15.5. The van der Waals surface area contributed by atoms with Crippen molar-refractivity contribution < 1.29 is 13.2 Å². The number of hydrogen-bond acceptors (Lipinski definition) is 6. The van der Waals surface area contributed by atoms with Gasteiger partial charge in [0.15, 0.2) is 20.7 Å². The number of fused-ring (bicyclic) bond motifs is 1. The van der Waals surface area contributed by atoms with Crippen LogP contribution in [0.15, 0.2) is 23.2 Å². The van der Waals surface area contributed by atoms with E-state index in [9.17, 15) is 8.42 Å². The Morgan fingerprint density at radius 1 is 1.24 bits per heavy atom. The van der Waals surface area contributed by atoms with Gasteiger partial charge in [0, 0.05) is 18.9 Å². The summed E-state index contributed by atoms with van der Waals surface area (Å²) in [6.07, 6.45) is 3.08. The van der Waals surface area contributed by atoms with E-state index in [4.69, 9.17) is 4.74 Å². The van der Waals surface area contributed by atoms with E-state index >= 15 is 0 Å². The van der Waals surface area contributed by atoms with Crippen LogP contribution in [-0.2, 0) is 9.84 Å². The smallest absolute Gasteiger partial charge is 0.198 e. The Hall–Kier alpha value is -1.89. The molecule has 0 aliphatic rings. The number of aromatic nitrogens is 2. The highest BCUT2D eigenvalue weighted by atomic mass is 32.2. The Kier molecular flexibility index (Phi) is 4.62. The molecule has 0 unspecified atom stereocenters. The van der Waals surface area contributed by atoms with Crippen molar-refractivity contribution in [3.63, 3.8) is 0 Å². The molecule has 1 N–H and O–H groups in total. The number of nitrogens with one attached hydrogen (secondary N) is 1. The molecule has 0 bridgehead atoms. The quantitative estimate of drug-likeness (QED) is 0.824. The van der Waals surface area contributed by atoms with Crippen LogP contribution in [0.3, 0.4) is 0 Å². The number of rotatable bonds is 6. The molecule has 7 heteroatoms. The SMILES string of the molecule is CCCCNc1nc2cc(OC)ccc2nc1S(C)(=O)=O. The number of methoxy groups -OCH3 is 1. The van der Waals surface area contributed by atoms with Crippen LogP contribution in [0.2, 0.25) is 0 Å². The Morgan fingerprint density at radius 2 is 2.00 bits per heavy atom. The first-order chi connectivity index (χ1) is 9.95. The van der Waals surface area contributed by atoms with Crippen molar-refractivity contribution in [2.24, 2.45) is 0 Å². The molecule has 2 aromatic rings. The molecule has 1 aromatic carbocycles. The second-order valence-corrected chi connectivity index (χ2v) is 6.72. The number of hydrogen-bond donors (Lipinski definition) is 1. The van der Waals surface area contributed by atoms with Gasteiger partial charge in [-0.1, -0.05) is 13.3 Å². The van der Waals surface area contributed by atoms with E-state index in [1.165, 1.54) is 0 Å². The zero-order chi connectivity index (χ0) is 15.5. The van der Waals surface area contributed by atoms with Crippen molar-refractivity contribution in [2.45, 2.75) is 24.8 Å². The maximum Gasteiger partial charge on any atom is 0.198 e. The Morgan fingerprint density at radius 3 is 2.62 bits per heavy atom. The molecule has 6 nitrogen and oxygen atoms in total. The topological polar surface area (TPSA) is 81.2 Å². The number of ether oxygens (including phenoxy) is 1. The fraction of sp³-hybridized carbons (Fsp3) is 0.429. The van der Waals surface area contributed by atoms with Gasteiger partial charge in [0.05, 0.1) is 18.1 Å². The summed E-state index contributed by atoms with van der Waals surface area (Å²) in [4.78, 5) is 8.62. The van der Waals surface area contributed by atoms with Crippen molar-refractivity contribution in [2.75, 3.05) is 25.2 Å². The second kappa shape index (κ2) is 6.26. The maximum absolute atomic E-state index is 11.9. The average molecular weight is 309 g/mol. The van der Waals surface area contributed by atoms with E-state index < -0.39 is 9.84 Å². The highest BCUT2D eigenvalue weighted by molar-refractivity contribution is 7.90. The Bertz CT molecular complexity index is 744. The summed E-state index contributed by atoms with van der Waals surface area (Å²) >= 11 is 0. The summed E-state index contributed by atoms with van der Waals surface area (Å²) in [7, 11) is -1.88. The molecule has 0 spiro atoms. The van der Waals surface area contributed by atoms with Crippen LogP contribution >= 0.6 is 0 Å². The lowest BCUT2D eigenvalue weighted by Gasteiger charge is -2.10. The molecule has 0 saturated heterocycles. The predicted octanol–water partition coefficient (Wildman–Crippen LogP) is 2.25. The van der Waals surface area contributed by atoms with Gasteiger partial charge < -0.3 is 10.1 Å². The molecule has 1 aromatic heterocycles. The van der Waals surface area contributed by atoms with Crippen LogP contribution in [0.1, 0.15) is 19.8 Å². The minimum absolute atomic E-state index is 0.0173. The fourth-order valence-electron chi connectivity index (χ4n) is 1.90. The zero-order valence-electron chi connectivity index (χ0n) is 12.4. The van der Waals surface area contributed by atoms with Gasteiger partial charge >= 0.3 is 0 Å². The average Bonchev–Trinajstić information content (AvgIpc) is 2.45. The number of benzene rings is 1. The molecule has 0 aliphatic carbocycles. The molecule has 0 saturated carbocycles. The molecule has 21 heavy (non-hydrogen) atoms. The summed E-state index contributed by atoms with van der Waals surface area (Å²) in [6, 6.07) is 5.16. The molecular weight excluding hydrogens is 290 g/mol. The lowest BCUT2D eigenvalue weighted by molar-refractivity contribution is 0.415. The Balaban J connectivity index is 2.54.